The van der Waals surface area contributed by atoms with Gasteiger partial charge in [-0.05, 0) is 52.0 Å². The van der Waals surface area contributed by atoms with Crippen LogP contribution in [-0.4, -0.2) is 35.6 Å². The van der Waals surface area contributed by atoms with Crippen LogP contribution in [0.15, 0.2) is 53.4 Å². The number of esters is 1. The van der Waals surface area contributed by atoms with Crippen molar-refractivity contribution in [2.24, 2.45) is 0 Å². The van der Waals surface area contributed by atoms with E-state index in [4.69, 9.17) is 4.74 Å². The zero-order chi connectivity index (χ0) is 21.1. The van der Waals surface area contributed by atoms with Gasteiger partial charge in [0.1, 0.15) is 5.60 Å². The molecule has 146 valence electrons. The predicted molar refractivity (Wildman–Crippen MR) is 103 cm³/mol. The molecule has 2 aromatic rings. The minimum atomic E-state index is -4.39. The Hall–Kier alpha value is -3.09. The summed E-state index contributed by atoms with van der Waals surface area (Å²) in [6, 6.07) is 11.4. The van der Waals surface area contributed by atoms with Crippen LogP contribution in [0.1, 0.15) is 47.1 Å². The lowest BCUT2D eigenvalue weighted by atomic mass is 10.0. The topological polar surface area (TPSA) is 114 Å². The maximum absolute atomic E-state index is 12.9. The number of Topliss-reactive ketones (excluding diaryl/α,β-unsaturated/α-hetero) is 1. The van der Waals surface area contributed by atoms with E-state index in [1.165, 1.54) is 36.4 Å². The van der Waals surface area contributed by atoms with Crippen LogP contribution in [0.5, 0.6) is 0 Å². The number of rotatable bonds is 4. The Labute approximate surface area is 163 Å². The van der Waals surface area contributed by atoms with Gasteiger partial charge in [0.25, 0.3) is 15.6 Å². The van der Waals surface area contributed by atoms with Gasteiger partial charge >= 0.3 is 11.0 Å². The maximum atomic E-state index is 12.9. The molecular formula is C20H20N2O5S. The van der Waals surface area contributed by atoms with Crippen LogP contribution < -0.4 is 0 Å². The Morgan fingerprint density at radius 1 is 1.00 bits per heavy atom. The van der Waals surface area contributed by atoms with Crippen LogP contribution in [-0.2, 0) is 14.6 Å². The van der Waals surface area contributed by atoms with Crippen molar-refractivity contribution >= 4 is 26.6 Å². The maximum Gasteiger partial charge on any atom is 0.456 e. The van der Waals surface area contributed by atoms with Crippen LogP contribution in [0.3, 0.4) is 0 Å². The zero-order valence-electron chi connectivity index (χ0n) is 16.0. The number of ether oxygens (including phenoxy) is 1. The van der Waals surface area contributed by atoms with E-state index in [1.54, 1.807) is 39.8 Å². The highest BCUT2D eigenvalue weighted by Gasteiger charge is 2.40. The number of nitrogens with zero attached hydrogens (tertiary/aromatic N) is 2. The quantitative estimate of drug-likeness (QED) is 0.195. The van der Waals surface area contributed by atoms with Gasteiger partial charge in [0.15, 0.2) is 0 Å². The van der Waals surface area contributed by atoms with Gasteiger partial charge in [0.2, 0.25) is 0 Å². The van der Waals surface area contributed by atoms with Gasteiger partial charge in [-0.15, -0.1) is 4.79 Å². The van der Waals surface area contributed by atoms with Crippen molar-refractivity contribution in [2.75, 3.05) is 0 Å². The fourth-order valence-electron chi connectivity index (χ4n) is 2.41. The Morgan fingerprint density at radius 3 is 2.14 bits per heavy atom. The van der Waals surface area contributed by atoms with E-state index in [9.17, 15) is 23.5 Å². The minimum Gasteiger partial charge on any atom is -0.456 e. The normalized spacial score (nSPS) is 11.4. The van der Waals surface area contributed by atoms with Gasteiger partial charge in [-0.3, -0.25) is 4.79 Å². The molecule has 0 aliphatic rings. The van der Waals surface area contributed by atoms with Crippen LogP contribution >= 0.6 is 0 Å². The molecule has 28 heavy (non-hydrogen) atoms. The predicted octanol–water partition coefficient (Wildman–Crippen LogP) is 3.24. The molecule has 0 saturated carbocycles. The molecule has 0 saturated heterocycles. The Morgan fingerprint density at radius 2 is 1.61 bits per heavy atom. The first-order chi connectivity index (χ1) is 13.0. The lowest BCUT2D eigenvalue weighted by molar-refractivity contribution is -0.00163. The third kappa shape index (κ3) is 4.60. The third-order valence-corrected chi connectivity index (χ3v) is 5.30. The molecule has 0 bridgehead atoms. The van der Waals surface area contributed by atoms with E-state index in [1.807, 2.05) is 0 Å². The average Bonchev–Trinajstić information content (AvgIpc) is 2.61. The fraction of sp³-hybridized carbons (Fsp3) is 0.250. The van der Waals surface area contributed by atoms with E-state index >= 15 is 0 Å². The molecular weight excluding hydrogens is 380 g/mol. The van der Waals surface area contributed by atoms with Gasteiger partial charge in [-0.2, -0.15) is 0 Å². The summed E-state index contributed by atoms with van der Waals surface area (Å²) >= 11 is 0. The number of carbonyl (C=O) groups excluding carboxylic acids is 2. The van der Waals surface area contributed by atoms with Crippen molar-refractivity contribution in [3.8, 4) is 0 Å². The molecule has 2 aromatic carbocycles. The summed E-state index contributed by atoms with van der Waals surface area (Å²) in [5.74, 6) is -1.89. The Bertz CT molecular complexity index is 1080. The van der Waals surface area contributed by atoms with Crippen molar-refractivity contribution in [3.63, 3.8) is 0 Å². The molecule has 0 radical (unpaired) electrons. The summed E-state index contributed by atoms with van der Waals surface area (Å²) in [6.45, 7) is 6.72. The van der Waals surface area contributed by atoms with Gasteiger partial charge in [0, 0.05) is 5.56 Å². The van der Waals surface area contributed by atoms with Crippen molar-refractivity contribution in [1.29, 1.82) is 0 Å². The highest BCUT2D eigenvalue weighted by atomic mass is 32.2. The molecule has 0 aromatic heterocycles. The smallest absolute Gasteiger partial charge is 0.456 e. The molecule has 0 aliphatic carbocycles. The molecule has 0 N–H and O–H groups in total. The second kappa shape index (κ2) is 7.88. The standard InChI is InChI=1S/C20H20N2O5S/c1-13-10-11-15(16(12-13)19(24)27-20(2,3)4)17(23)18(22-21)28(25,26)14-8-6-5-7-9-14/h5-12H,1-4H3. The largest absolute Gasteiger partial charge is 0.456 e. The first kappa shape index (κ1) is 21.2. The molecule has 0 aliphatic heterocycles. The number of hydrogen-bond donors (Lipinski definition) is 0. The monoisotopic (exact) mass is 400 g/mol. The van der Waals surface area contributed by atoms with E-state index in [2.05, 4.69) is 4.79 Å². The summed E-state index contributed by atoms with van der Waals surface area (Å²) in [4.78, 5) is 28.0. The van der Waals surface area contributed by atoms with Crippen LogP contribution in [0.25, 0.3) is 5.53 Å². The number of benzene rings is 2. The van der Waals surface area contributed by atoms with Crippen LogP contribution in [0.4, 0.5) is 0 Å². The molecule has 2 rings (SSSR count). The molecule has 0 spiro atoms. The first-order valence-corrected chi connectivity index (χ1v) is 9.86. The van der Waals surface area contributed by atoms with Crippen molar-refractivity contribution < 1.29 is 27.5 Å². The molecule has 0 heterocycles. The number of sulfone groups is 1. The highest BCUT2D eigenvalue weighted by Crippen LogP contribution is 2.20. The SMILES string of the molecule is Cc1ccc(C(=O)C(=[N+]=[N-])S(=O)(=O)c2ccccc2)c(C(=O)OC(C)(C)C)c1. The fourth-order valence-corrected chi connectivity index (χ4v) is 3.61. The second-order valence-electron chi connectivity index (χ2n) is 7.10. The summed E-state index contributed by atoms with van der Waals surface area (Å²) in [6.07, 6.45) is 0. The number of aryl methyl sites for hydroxylation is 1. The van der Waals surface area contributed by atoms with Crippen molar-refractivity contribution in [2.45, 2.75) is 38.2 Å². The number of ketones is 1. The van der Waals surface area contributed by atoms with E-state index in [0.717, 1.165) is 0 Å². The van der Waals surface area contributed by atoms with Crippen molar-refractivity contribution in [1.82, 2.24) is 0 Å². The molecule has 7 nitrogen and oxygen atoms in total. The van der Waals surface area contributed by atoms with Crippen LogP contribution in [0, 0.1) is 6.92 Å². The molecule has 0 amide bonds. The highest BCUT2D eigenvalue weighted by molar-refractivity contribution is 8.08. The molecule has 0 unspecified atom stereocenters. The number of hydrogen-bond acceptors (Lipinski definition) is 5. The molecule has 0 atom stereocenters. The minimum absolute atomic E-state index is 0.107. The lowest BCUT2D eigenvalue weighted by Crippen LogP contribution is -2.29. The molecule has 8 heteroatoms. The molecule has 0 fully saturated rings. The third-order valence-electron chi connectivity index (χ3n) is 3.63. The zero-order valence-corrected chi connectivity index (χ0v) is 16.8. The Kier molecular flexibility index (Phi) is 5.97. The summed E-state index contributed by atoms with van der Waals surface area (Å²) < 4.78 is 30.8. The number of carbonyl (C=O) groups is 2. The first-order valence-electron chi connectivity index (χ1n) is 8.38. The van der Waals surface area contributed by atoms with Gasteiger partial charge in [0.05, 0.1) is 10.5 Å². The Balaban J connectivity index is 2.57. The van der Waals surface area contributed by atoms with E-state index < -0.39 is 32.2 Å². The summed E-state index contributed by atoms with van der Waals surface area (Å²) in [5, 5.41) is -1.08. The summed E-state index contributed by atoms with van der Waals surface area (Å²) in [5.41, 5.74) is 8.82. The van der Waals surface area contributed by atoms with E-state index in [0.29, 0.717) is 5.56 Å². The lowest BCUT2D eigenvalue weighted by Gasteiger charge is -2.20. The summed E-state index contributed by atoms with van der Waals surface area (Å²) in [7, 11) is -4.39. The van der Waals surface area contributed by atoms with Crippen molar-refractivity contribution in [3.05, 3.63) is 70.8 Å². The van der Waals surface area contributed by atoms with Gasteiger partial charge < -0.3 is 10.3 Å². The van der Waals surface area contributed by atoms with E-state index in [-0.39, 0.29) is 16.0 Å². The van der Waals surface area contributed by atoms with Crippen LogP contribution in [0.2, 0.25) is 0 Å². The van der Waals surface area contributed by atoms with Gasteiger partial charge in [-0.25, -0.2) is 13.2 Å². The average molecular weight is 400 g/mol. The second-order valence-corrected chi connectivity index (χ2v) is 8.97. The van der Waals surface area contributed by atoms with Gasteiger partial charge in [-0.1, -0.05) is 29.8 Å².